The number of hydrogen-bond donors (Lipinski definition) is 1. The van der Waals surface area contributed by atoms with Gasteiger partial charge in [0.2, 0.25) is 6.79 Å². The molecule has 1 heterocycles. The molecule has 4 heteroatoms. The van der Waals surface area contributed by atoms with Crippen LogP contribution in [0.1, 0.15) is 18.9 Å². The standard InChI is InChI=1S/C13H19NO3/c1-2-7-15-8-6-14-9-11-4-3-5-12-13(11)17-10-16-12/h3-5,14H,2,6-10H2,1H3. The molecule has 0 bridgehead atoms. The van der Waals surface area contributed by atoms with E-state index in [1.54, 1.807) is 0 Å². The number of benzene rings is 1. The molecular formula is C13H19NO3. The Labute approximate surface area is 102 Å². The van der Waals surface area contributed by atoms with Gasteiger partial charge in [0.15, 0.2) is 11.5 Å². The summed E-state index contributed by atoms with van der Waals surface area (Å²) >= 11 is 0. The van der Waals surface area contributed by atoms with E-state index >= 15 is 0 Å². The maximum Gasteiger partial charge on any atom is 0.231 e. The minimum absolute atomic E-state index is 0.325. The number of rotatable bonds is 7. The number of nitrogens with one attached hydrogen (secondary N) is 1. The molecule has 1 aliphatic heterocycles. The van der Waals surface area contributed by atoms with Crippen LogP contribution < -0.4 is 14.8 Å². The molecule has 17 heavy (non-hydrogen) atoms. The van der Waals surface area contributed by atoms with Crippen LogP contribution in [0.2, 0.25) is 0 Å². The SMILES string of the molecule is CCCOCCNCc1cccc2c1OCO2. The second kappa shape index (κ2) is 6.47. The fraction of sp³-hybridized carbons (Fsp3) is 0.538. The summed E-state index contributed by atoms with van der Waals surface area (Å²) in [5.41, 5.74) is 1.13. The van der Waals surface area contributed by atoms with Gasteiger partial charge in [-0.2, -0.15) is 0 Å². The summed E-state index contributed by atoms with van der Waals surface area (Å²) in [6.45, 7) is 5.65. The Morgan fingerprint density at radius 2 is 2.24 bits per heavy atom. The molecule has 0 spiro atoms. The van der Waals surface area contributed by atoms with Crippen LogP contribution in [-0.2, 0) is 11.3 Å². The summed E-state index contributed by atoms with van der Waals surface area (Å²) in [5, 5.41) is 3.33. The quantitative estimate of drug-likeness (QED) is 0.736. The molecule has 0 aromatic heterocycles. The first-order valence-corrected chi connectivity index (χ1v) is 6.07. The number of hydrogen-bond acceptors (Lipinski definition) is 4. The van der Waals surface area contributed by atoms with Gasteiger partial charge in [-0.15, -0.1) is 0 Å². The normalized spacial score (nSPS) is 13.0. The van der Waals surface area contributed by atoms with Crippen LogP contribution >= 0.6 is 0 Å². The van der Waals surface area contributed by atoms with E-state index in [0.717, 1.165) is 49.8 Å². The summed E-state index contributed by atoms with van der Waals surface area (Å²) in [6.07, 6.45) is 1.07. The van der Waals surface area contributed by atoms with E-state index in [4.69, 9.17) is 14.2 Å². The highest BCUT2D eigenvalue weighted by Gasteiger charge is 2.16. The van der Waals surface area contributed by atoms with E-state index < -0.39 is 0 Å². The Kier molecular flexibility index (Phi) is 4.64. The molecule has 0 atom stereocenters. The third-order valence-corrected chi connectivity index (χ3v) is 2.57. The number of ether oxygens (including phenoxy) is 3. The third-order valence-electron chi connectivity index (χ3n) is 2.57. The second-order valence-electron chi connectivity index (χ2n) is 3.94. The van der Waals surface area contributed by atoms with E-state index in [-0.39, 0.29) is 0 Å². The lowest BCUT2D eigenvalue weighted by atomic mass is 10.2. The van der Waals surface area contributed by atoms with Crippen molar-refractivity contribution in [2.75, 3.05) is 26.6 Å². The smallest absolute Gasteiger partial charge is 0.231 e. The minimum atomic E-state index is 0.325. The number of fused-ring (bicyclic) bond motifs is 1. The highest BCUT2D eigenvalue weighted by Crippen LogP contribution is 2.34. The lowest BCUT2D eigenvalue weighted by molar-refractivity contribution is 0.136. The van der Waals surface area contributed by atoms with Gasteiger partial charge in [0.05, 0.1) is 6.61 Å². The largest absolute Gasteiger partial charge is 0.454 e. The predicted octanol–water partition coefficient (Wildman–Crippen LogP) is 1.93. The van der Waals surface area contributed by atoms with Crippen LogP contribution in [0.5, 0.6) is 11.5 Å². The van der Waals surface area contributed by atoms with Gasteiger partial charge in [-0.25, -0.2) is 0 Å². The molecule has 0 unspecified atom stereocenters. The van der Waals surface area contributed by atoms with Gasteiger partial charge in [0, 0.05) is 25.3 Å². The Morgan fingerprint density at radius 1 is 1.29 bits per heavy atom. The van der Waals surface area contributed by atoms with Gasteiger partial charge in [-0.3, -0.25) is 0 Å². The van der Waals surface area contributed by atoms with Crippen molar-refractivity contribution in [2.45, 2.75) is 19.9 Å². The number of para-hydroxylation sites is 1. The molecule has 0 amide bonds. The summed E-state index contributed by atoms with van der Waals surface area (Å²) in [7, 11) is 0. The first-order chi connectivity index (χ1) is 8.42. The van der Waals surface area contributed by atoms with Crippen LogP contribution in [0, 0.1) is 0 Å². The lowest BCUT2D eigenvalue weighted by Gasteiger charge is -2.07. The Hall–Kier alpha value is -1.26. The van der Waals surface area contributed by atoms with Crippen LogP contribution in [0.4, 0.5) is 0 Å². The molecule has 0 saturated carbocycles. The van der Waals surface area contributed by atoms with E-state index in [2.05, 4.69) is 12.2 Å². The van der Waals surface area contributed by atoms with Crippen molar-refractivity contribution in [3.05, 3.63) is 23.8 Å². The van der Waals surface area contributed by atoms with Gasteiger partial charge >= 0.3 is 0 Å². The van der Waals surface area contributed by atoms with Crippen molar-refractivity contribution in [1.82, 2.24) is 5.32 Å². The molecule has 1 aromatic rings. The van der Waals surface area contributed by atoms with E-state index in [1.165, 1.54) is 0 Å². The average molecular weight is 237 g/mol. The molecular weight excluding hydrogens is 218 g/mol. The van der Waals surface area contributed by atoms with Crippen LogP contribution in [0.25, 0.3) is 0 Å². The molecule has 0 fully saturated rings. The van der Waals surface area contributed by atoms with Crippen molar-refractivity contribution in [1.29, 1.82) is 0 Å². The maximum absolute atomic E-state index is 5.43. The highest BCUT2D eigenvalue weighted by atomic mass is 16.7. The Bertz CT molecular complexity index is 355. The molecule has 94 valence electrons. The first kappa shape index (κ1) is 12.2. The zero-order chi connectivity index (χ0) is 11.9. The molecule has 0 aliphatic carbocycles. The fourth-order valence-corrected chi connectivity index (χ4v) is 1.74. The van der Waals surface area contributed by atoms with Crippen molar-refractivity contribution in [3.63, 3.8) is 0 Å². The molecule has 1 aromatic carbocycles. The lowest BCUT2D eigenvalue weighted by Crippen LogP contribution is -2.19. The second-order valence-corrected chi connectivity index (χ2v) is 3.94. The highest BCUT2D eigenvalue weighted by molar-refractivity contribution is 5.48. The molecule has 1 N–H and O–H groups in total. The third kappa shape index (κ3) is 3.35. The monoisotopic (exact) mass is 237 g/mol. The summed E-state index contributed by atoms with van der Waals surface area (Å²) in [6, 6.07) is 5.96. The predicted molar refractivity (Wildman–Crippen MR) is 65.4 cm³/mol. The van der Waals surface area contributed by atoms with Gasteiger partial charge in [-0.1, -0.05) is 19.1 Å². The Morgan fingerprint density at radius 3 is 3.12 bits per heavy atom. The minimum Gasteiger partial charge on any atom is -0.454 e. The fourth-order valence-electron chi connectivity index (χ4n) is 1.74. The van der Waals surface area contributed by atoms with E-state index in [0.29, 0.717) is 6.79 Å². The molecule has 0 radical (unpaired) electrons. The zero-order valence-corrected chi connectivity index (χ0v) is 10.2. The van der Waals surface area contributed by atoms with Gasteiger partial charge < -0.3 is 19.5 Å². The van der Waals surface area contributed by atoms with Crippen LogP contribution in [-0.4, -0.2) is 26.6 Å². The average Bonchev–Trinajstić information content (AvgIpc) is 2.82. The molecule has 1 aliphatic rings. The van der Waals surface area contributed by atoms with Gasteiger partial charge in [-0.05, 0) is 12.5 Å². The topological polar surface area (TPSA) is 39.7 Å². The summed E-state index contributed by atoms with van der Waals surface area (Å²) < 4.78 is 16.2. The van der Waals surface area contributed by atoms with Gasteiger partial charge in [0.25, 0.3) is 0 Å². The van der Waals surface area contributed by atoms with Crippen molar-refractivity contribution in [2.24, 2.45) is 0 Å². The van der Waals surface area contributed by atoms with E-state index in [9.17, 15) is 0 Å². The van der Waals surface area contributed by atoms with Gasteiger partial charge in [0.1, 0.15) is 0 Å². The first-order valence-electron chi connectivity index (χ1n) is 6.07. The maximum atomic E-state index is 5.43. The zero-order valence-electron chi connectivity index (χ0n) is 10.2. The molecule has 0 saturated heterocycles. The van der Waals surface area contributed by atoms with E-state index in [1.807, 2.05) is 18.2 Å². The Balaban J connectivity index is 1.74. The van der Waals surface area contributed by atoms with Crippen LogP contribution in [0.15, 0.2) is 18.2 Å². The van der Waals surface area contributed by atoms with Crippen molar-refractivity contribution >= 4 is 0 Å². The van der Waals surface area contributed by atoms with Crippen LogP contribution in [0.3, 0.4) is 0 Å². The van der Waals surface area contributed by atoms with Crippen molar-refractivity contribution in [3.8, 4) is 11.5 Å². The summed E-state index contributed by atoms with van der Waals surface area (Å²) in [5.74, 6) is 1.71. The molecule has 2 rings (SSSR count). The van der Waals surface area contributed by atoms with Crippen molar-refractivity contribution < 1.29 is 14.2 Å². The summed E-state index contributed by atoms with van der Waals surface area (Å²) in [4.78, 5) is 0. The molecule has 4 nitrogen and oxygen atoms in total.